The number of aliphatic carboxylic acids is 1. The summed E-state index contributed by atoms with van der Waals surface area (Å²) in [5.74, 6) is 1.67. The van der Waals surface area contributed by atoms with Gasteiger partial charge in [0, 0.05) is 17.5 Å². The van der Waals surface area contributed by atoms with Crippen molar-refractivity contribution in [2.45, 2.75) is 70.8 Å². The number of ether oxygens (including phenoxy) is 1. The zero-order valence-electron chi connectivity index (χ0n) is 17.3. The number of aryl methyl sites for hydroxylation is 1. The first-order valence-electron chi connectivity index (χ1n) is 11.3. The molecule has 0 radical (unpaired) electrons. The molecule has 6 rings (SSSR count). The van der Waals surface area contributed by atoms with Crippen molar-refractivity contribution in [3.63, 3.8) is 0 Å². The minimum atomic E-state index is -0.798. The molecule has 2 atom stereocenters. The molecule has 5 saturated carbocycles. The van der Waals surface area contributed by atoms with Gasteiger partial charge in [-0.05, 0) is 87.7 Å². The topological polar surface area (TPSA) is 58.6 Å². The fourth-order valence-electron chi connectivity index (χ4n) is 7.26. The minimum absolute atomic E-state index is 0.208. The number of anilines is 1. The number of hydrogen-bond acceptors (Lipinski definition) is 3. The summed E-state index contributed by atoms with van der Waals surface area (Å²) in [5, 5.41) is 12.5. The second kappa shape index (κ2) is 7.17. The van der Waals surface area contributed by atoms with Crippen LogP contribution in [0, 0.1) is 41.8 Å². The highest BCUT2D eigenvalue weighted by Crippen LogP contribution is 2.60. The van der Waals surface area contributed by atoms with E-state index in [4.69, 9.17) is 4.74 Å². The van der Waals surface area contributed by atoms with E-state index in [2.05, 4.69) is 5.32 Å². The summed E-state index contributed by atoms with van der Waals surface area (Å²) in [6.07, 6.45) is 10.3. The molecule has 4 nitrogen and oxygen atoms in total. The first-order chi connectivity index (χ1) is 13.9. The van der Waals surface area contributed by atoms with Gasteiger partial charge in [-0.3, -0.25) is 4.79 Å². The molecule has 4 bridgehead atoms. The molecule has 2 unspecified atom stereocenters. The third kappa shape index (κ3) is 3.62. The zero-order valence-corrected chi connectivity index (χ0v) is 17.3. The first-order valence-corrected chi connectivity index (χ1v) is 11.3. The van der Waals surface area contributed by atoms with E-state index >= 15 is 0 Å². The number of carbonyl (C=O) groups is 1. The molecule has 0 aliphatic heterocycles. The van der Waals surface area contributed by atoms with Crippen molar-refractivity contribution in [2.75, 3.05) is 11.9 Å². The van der Waals surface area contributed by atoms with Crippen LogP contribution in [0.25, 0.3) is 0 Å². The van der Waals surface area contributed by atoms with Crippen LogP contribution in [0.1, 0.15) is 63.4 Å². The molecular weight excluding hydrogens is 369 g/mol. The Morgan fingerprint density at radius 3 is 2.45 bits per heavy atom. The van der Waals surface area contributed by atoms with Gasteiger partial charge in [-0.2, -0.15) is 0 Å². The third-order valence-corrected chi connectivity index (χ3v) is 8.14. The van der Waals surface area contributed by atoms with Gasteiger partial charge >= 0.3 is 5.97 Å². The van der Waals surface area contributed by atoms with E-state index in [0.717, 1.165) is 36.2 Å². The van der Waals surface area contributed by atoms with Crippen molar-refractivity contribution < 1.29 is 19.0 Å². The summed E-state index contributed by atoms with van der Waals surface area (Å²) >= 11 is 0. The van der Waals surface area contributed by atoms with Crippen molar-refractivity contribution in [2.24, 2.45) is 29.1 Å². The Labute approximate surface area is 172 Å². The molecule has 0 spiro atoms. The Balaban J connectivity index is 1.27. The number of carboxylic acids is 1. The van der Waals surface area contributed by atoms with Gasteiger partial charge in [0.1, 0.15) is 11.6 Å². The molecule has 0 amide bonds. The highest BCUT2D eigenvalue weighted by Gasteiger charge is 2.51. The monoisotopic (exact) mass is 401 g/mol. The lowest BCUT2D eigenvalue weighted by Gasteiger charge is -2.56. The highest BCUT2D eigenvalue weighted by molar-refractivity contribution is 5.72. The van der Waals surface area contributed by atoms with E-state index in [9.17, 15) is 14.3 Å². The summed E-state index contributed by atoms with van der Waals surface area (Å²) in [5.41, 5.74) is 1.60. The molecule has 2 N–H and O–H groups in total. The number of benzene rings is 1. The standard InChI is InChI=1S/C24H32FNO3/c1-14-5-21(26-20-4-2-3-18(20)23(27)28)19(25)9-22(14)29-13-24-10-15-6-16(11-24)8-17(7-15)12-24/h5,9,15-18,20,26H,2-4,6-8,10-13H2,1H3,(H,27,28). The lowest BCUT2D eigenvalue weighted by atomic mass is 9.50. The van der Waals surface area contributed by atoms with Crippen LogP contribution < -0.4 is 10.1 Å². The van der Waals surface area contributed by atoms with E-state index in [1.54, 1.807) is 6.07 Å². The Bertz CT molecular complexity index is 772. The molecule has 158 valence electrons. The van der Waals surface area contributed by atoms with Crippen LogP contribution in [-0.4, -0.2) is 23.7 Å². The van der Waals surface area contributed by atoms with Gasteiger partial charge in [-0.15, -0.1) is 0 Å². The van der Waals surface area contributed by atoms with E-state index in [1.807, 2.05) is 6.92 Å². The minimum Gasteiger partial charge on any atom is -0.493 e. The van der Waals surface area contributed by atoms with Gasteiger partial charge in [0.2, 0.25) is 0 Å². The average Bonchev–Trinajstić information content (AvgIpc) is 3.11. The molecule has 5 aliphatic rings. The van der Waals surface area contributed by atoms with Gasteiger partial charge in [0.05, 0.1) is 18.2 Å². The van der Waals surface area contributed by atoms with Crippen molar-refractivity contribution in [1.29, 1.82) is 0 Å². The van der Waals surface area contributed by atoms with E-state index in [-0.39, 0.29) is 11.9 Å². The number of hydrogen-bond donors (Lipinski definition) is 2. The highest BCUT2D eigenvalue weighted by atomic mass is 19.1. The molecule has 5 aliphatic carbocycles. The molecule has 5 heteroatoms. The Morgan fingerprint density at radius 2 is 1.83 bits per heavy atom. The summed E-state index contributed by atoms with van der Waals surface area (Å²) < 4.78 is 21.0. The second-order valence-corrected chi connectivity index (χ2v) is 10.4. The molecule has 0 saturated heterocycles. The fourth-order valence-corrected chi connectivity index (χ4v) is 7.26. The average molecular weight is 402 g/mol. The van der Waals surface area contributed by atoms with Gasteiger partial charge in [-0.25, -0.2) is 4.39 Å². The van der Waals surface area contributed by atoms with Gasteiger partial charge in [0.15, 0.2) is 0 Å². The quantitative estimate of drug-likeness (QED) is 0.671. The van der Waals surface area contributed by atoms with Crippen LogP contribution in [-0.2, 0) is 4.79 Å². The molecule has 29 heavy (non-hydrogen) atoms. The molecule has 1 aromatic rings. The number of nitrogens with one attached hydrogen (secondary N) is 1. The number of carboxylic acid groups (broad SMARTS) is 1. The smallest absolute Gasteiger partial charge is 0.308 e. The maximum absolute atomic E-state index is 14.8. The number of rotatable bonds is 6. The van der Waals surface area contributed by atoms with Crippen molar-refractivity contribution in [3.8, 4) is 5.75 Å². The van der Waals surface area contributed by atoms with Gasteiger partial charge in [-0.1, -0.05) is 6.42 Å². The maximum atomic E-state index is 14.8. The van der Waals surface area contributed by atoms with Crippen LogP contribution in [0.15, 0.2) is 12.1 Å². The second-order valence-electron chi connectivity index (χ2n) is 10.4. The van der Waals surface area contributed by atoms with Gasteiger partial charge < -0.3 is 15.2 Å². The number of halogens is 1. The molecular formula is C24H32FNO3. The fraction of sp³-hybridized carbons (Fsp3) is 0.708. The maximum Gasteiger partial charge on any atom is 0.308 e. The van der Waals surface area contributed by atoms with Crippen LogP contribution in [0.2, 0.25) is 0 Å². The Hall–Kier alpha value is -1.78. The largest absolute Gasteiger partial charge is 0.493 e. The van der Waals surface area contributed by atoms with Crippen LogP contribution >= 0.6 is 0 Å². The lowest BCUT2D eigenvalue weighted by molar-refractivity contribution is -0.141. The summed E-state index contributed by atoms with van der Waals surface area (Å²) in [7, 11) is 0. The predicted octanol–water partition coefficient (Wildman–Crippen LogP) is 5.39. The Kier molecular flexibility index (Phi) is 4.75. The Morgan fingerprint density at radius 1 is 1.17 bits per heavy atom. The van der Waals surface area contributed by atoms with Crippen molar-refractivity contribution in [1.82, 2.24) is 0 Å². The normalized spacial score (nSPS) is 37.7. The summed E-state index contributed by atoms with van der Waals surface area (Å²) in [6.45, 7) is 2.65. The van der Waals surface area contributed by atoms with Crippen molar-refractivity contribution >= 4 is 11.7 Å². The molecule has 5 fully saturated rings. The molecule has 1 aromatic carbocycles. The van der Waals surface area contributed by atoms with Crippen LogP contribution in [0.4, 0.5) is 10.1 Å². The SMILES string of the molecule is Cc1cc(NC2CCCC2C(=O)O)c(F)cc1OCC12CC3CC(CC(C3)C1)C2. The third-order valence-electron chi connectivity index (χ3n) is 8.14. The zero-order chi connectivity index (χ0) is 20.2. The van der Waals surface area contributed by atoms with Crippen LogP contribution in [0.3, 0.4) is 0 Å². The van der Waals surface area contributed by atoms with E-state index in [1.165, 1.54) is 44.6 Å². The van der Waals surface area contributed by atoms with E-state index < -0.39 is 11.9 Å². The van der Waals surface area contributed by atoms with E-state index in [0.29, 0.717) is 29.9 Å². The molecule has 0 aromatic heterocycles. The lowest BCUT2D eigenvalue weighted by Crippen LogP contribution is -2.48. The van der Waals surface area contributed by atoms with Gasteiger partial charge in [0.25, 0.3) is 0 Å². The van der Waals surface area contributed by atoms with Crippen molar-refractivity contribution in [3.05, 3.63) is 23.5 Å². The summed E-state index contributed by atoms with van der Waals surface area (Å²) in [4.78, 5) is 11.4. The van der Waals surface area contributed by atoms with Crippen LogP contribution in [0.5, 0.6) is 5.75 Å². The molecule has 0 heterocycles. The predicted molar refractivity (Wildman–Crippen MR) is 110 cm³/mol. The first kappa shape index (κ1) is 19.2. The summed E-state index contributed by atoms with van der Waals surface area (Å²) in [6, 6.07) is 3.06.